The molecule has 32 heavy (non-hydrogen) atoms. The van der Waals surface area contributed by atoms with Crippen LogP contribution in [-0.4, -0.2) is 46.8 Å². The lowest BCUT2D eigenvalue weighted by atomic mass is 9.99. The highest BCUT2D eigenvalue weighted by Gasteiger charge is 2.48. The Bertz CT molecular complexity index is 999. The van der Waals surface area contributed by atoms with E-state index in [0.717, 1.165) is 29.5 Å². The van der Waals surface area contributed by atoms with Crippen molar-refractivity contribution in [1.82, 2.24) is 9.80 Å². The molecule has 7 nitrogen and oxygen atoms in total. The third-order valence-corrected chi connectivity index (χ3v) is 6.04. The Hall–Kier alpha value is -3.35. The lowest BCUT2D eigenvalue weighted by Crippen LogP contribution is -2.47. The molecule has 0 saturated carbocycles. The predicted molar refractivity (Wildman–Crippen MR) is 121 cm³/mol. The third-order valence-electron chi connectivity index (χ3n) is 6.04. The van der Waals surface area contributed by atoms with Crippen LogP contribution in [0.25, 0.3) is 0 Å². The molecule has 2 saturated heterocycles. The Balaban J connectivity index is 1.62. The van der Waals surface area contributed by atoms with Gasteiger partial charge in [-0.05, 0) is 43.0 Å². The molecule has 7 heteroatoms. The molecule has 0 aromatic heterocycles. The molecule has 2 aromatic carbocycles. The first-order valence-electron chi connectivity index (χ1n) is 11.2. The van der Waals surface area contributed by atoms with Gasteiger partial charge in [0, 0.05) is 25.2 Å². The van der Waals surface area contributed by atoms with Gasteiger partial charge in [0.1, 0.15) is 0 Å². The fourth-order valence-corrected chi connectivity index (χ4v) is 4.33. The topological polar surface area (TPSA) is 79.0 Å². The van der Waals surface area contributed by atoms with Gasteiger partial charge in [0.2, 0.25) is 11.8 Å². The lowest BCUT2D eigenvalue weighted by Gasteiger charge is -2.28. The number of ether oxygens (including phenoxy) is 1. The molecule has 3 amide bonds. The summed E-state index contributed by atoms with van der Waals surface area (Å²) in [6.07, 6.45) is 1.15. The molecule has 0 bridgehead atoms. The first-order chi connectivity index (χ1) is 15.5. The van der Waals surface area contributed by atoms with Crippen LogP contribution in [0, 0.1) is 6.92 Å². The number of nitrogens with one attached hydrogen (secondary N) is 1. The molecule has 0 aliphatic carbocycles. The average molecular weight is 436 g/mol. The van der Waals surface area contributed by atoms with E-state index in [0.29, 0.717) is 31.7 Å². The van der Waals surface area contributed by atoms with Crippen LogP contribution in [-0.2, 0) is 20.9 Å². The molecule has 4 rings (SSSR count). The van der Waals surface area contributed by atoms with Gasteiger partial charge in [-0.3, -0.25) is 14.5 Å². The Morgan fingerprint density at radius 3 is 2.47 bits per heavy atom. The molecular weight excluding hydrogens is 406 g/mol. The van der Waals surface area contributed by atoms with Crippen LogP contribution in [0.2, 0.25) is 0 Å². The fraction of sp³-hybridized carbons (Fsp3) is 0.400. The van der Waals surface area contributed by atoms with E-state index in [1.807, 2.05) is 48.2 Å². The van der Waals surface area contributed by atoms with Crippen LogP contribution < -0.4 is 5.32 Å². The summed E-state index contributed by atoms with van der Waals surface area (Å²) in [5.74, 6) is -0.147. The van der Waals surface area contributed by atoms with Gasteiger partial charge in [0.15, 0.2) is 12.1 Å². The van der Waals surface area contributed by atoms with Crippen LogP contribution in [0.4, 0.5) is 10.5 Å². The summed E-state index contributed by atoms with van der Waals surface area (Å²) in [6.45, 7) is 5.51. The second-order valence-corrected chi connectivity index (χ2v) is 8.42. The summed E-state index contributed by atoms with van der Waals surface area (Å²) in [4.78, 5) is 41.4. The van der Waals surface area contributed by atoms with Crippen LogP contribution in [0.3, 0.4) is 0 Å². The largest absolute Gasteiger partial charge is 0.438 e. The van der Waals surface area contributed by atoms with E-state index in [2.05, 4.69) is 5.32 Å². The Labute approximate surface area is 188 Å². The highest BCUT2D eigenvalue weighted by atomic mass is 16.6. The number of aryl methyl sites for hydroxylation is 1. The molecule has 2 aliphatic rings. The molecule has 2 heterocycles. The molecular formula is C25H29N3O4. The fourth-order valence-electron chi connectivity index (χ4n) is 4.33. The van der Waals surface area contributed by atoms with E-state index in [9.17, 15) is 14.4 Å². The van der Waals surface area contributed by atoms with Crippen molar-refractivity contribution < 1.29 is 19.1 Å². The maximum atomic E-state index is 13.5. The van der Waals surface area contributed by atoms with Gasteiger partial charge in [-0.25, -0.2) is 4.79 Å². The number of carbonyl (C=O) groups excluding carboxylic acids is 3. The van der Waals surface area contributed by atoms with Crippen LogP contribution in [0.5, 0.6) is 0 Å². The number of carbonyl (C=O) groups is 3. The van der Waals surface area contributed by atoms with E-state index < -0.39 is 18.2 Å². The van der Waals surface area contributed by atoms with E-state index in [1.54, 1.807) is 24.0 Å². The van der Waals surface area contributed by atoms with Gasteiger partial charge in [-0.2, -0.15) is 0 Å². The number of hydrogen-bond donors (Lipinski definition) is 1. The monoisotopic (exact) mass is 435 g/mol. The van der Waals surface area contributed by atoms with E-state index in [4.69, 9.17) is 4.74 Å². The molecule has 2 aromatic rings. The molecule has 0 radical (unpaired) electrons. The number of hydrogen-bond acceptors (Lipinski definition) is 4. The van der Waals surface area contributed by atoms with Crippen molar-refractivity contribution in [2.24, 2.45) is 0 Å². The maximum absolute atomic E-state index is 13.5. The highest BCUT2D eigenvalue weighted by Crippen LogP contribution is 2.36. The minimum absolute atomic E-state index is 0.0727. The summed E-state index contributed by atoms with van der Waals surface area (Å²) in [5, 5.41) is 2.81. The van der Waals surface area contributed by atoms with E-state index in [1.165, 1.54) is 0 Å². The second kappa shape index (κ2) is 9.42. The van der Waals surface area contributed by atoms with Crippen LogP contribution >= 0.6 is 0 Å². The van der Waals surface area contributed by atoms with Gasteiger partial charge in [-0.1, -0.05) is 48.9 Å². The second-order valence-electron chi connectivity index (χ2n) is 8.42. The highest BCUT2D eigenvalue weighted by molar-refractivity contribution is 5.91. The molecule has 2 atom stereocenters. The van der Waals surface area contributed by atoms with Gasteiger partial charge in [-0.15, -0.1) is 0 Å². The Morgan fingerprint density at radius 1 is 1.09 bits per heavy atom. The summed E-state index contributed by atoms with van der Waals surface area (Å²) in [6, 6.07) is 14.4. The van der Waals surface area contributed by atoms with Gasteiger partial charge >= 0.3 is 6.09 Å². The van der Waals surface area contributed by atoms with Crippen molar-refractivity contribution in [3.05, 3.63) is 65.2 Å². The maximum Gasteiger partial charge on any atom is 0.411 e. The standard InChI is InChI=1S/C25H29N3O4/c1-3-21(29)26-20-11-9-19(10-12-20)23-22(24(30)27-13-4-5-14-27)28(25(31)32-23)16-18-8-6-7-17(2)15-18/h6-12,15,22-23H,3-5,13-14,16H2,1-2H3,(H,26,29). The first kappa shape index (κ1) is 21.9. The molecule has 2 unspecified atom stereocenters. The number of anilines is 1. The summed E-state index contributed by atoms with van der Waals surface area (Å²) >= 11 is 0. The Kier molecular flexibility index (Phi) is 6.44. The van der Waals surface area contributed by atoms with Crippen LogP contribution in [0.15, 0.2) is 48.5 Å². The smallest absolute Gasteiger partial charge is 0.411 e. The number of likely N-dealkylation sites (tertiary alicyclic amines) is 1. The number of nitrogens with zero attached hydrogens (tertiary/aromatic N) is 2. The summed E-state index contributed by atoms with van der Waals surface area (Å²) in [5.41, 5.74) is 3.46. The van der Waals surface area contributed by atoms with Crippen LogP contribution in [0.1, 0.15) is 49.0 Å². The molecule has 1 N–H and O–H groups in total. The number of rotatable bonds is 6. The normalized spacial score (nSPS) is 20.4. The molecule has 168 valence electrons. The average Bonchev–Trinajstić information content (AvgIpc) is 3.43. The quantitative estimate of drug-likeness (QED) is 0.743. The van der Waals surface area contributed by atoms with Gasteiger partial charge in [0.05, 0.1) is 6.54 Å². The SMILES string of the molecule is CCC(=O)Nc1ccc(C2OC(=O)N(Cc3cccc(C)c3)C2C(=O)N2CCCC2)cc1. The number of amides is 3. The van der Waals surface area contributed by atoms with Gasteiger partial charge in [0.25, 0.3) is 0 Å². The zero-order chi connectivity index (χ0) is 22.7. The summed E-state index contributed by atoms with van der Waals surface area (Å²) < 4.78 is 5.75. The molecule has 2 aliphatic heterocycles. The predicted octanol–water partition coefficient (Wildman–Crippen LogP) is 4.03. The van der Waals surface area contributed by atoms with Crippen molar-refractivity contribution in [3.63, 3.8) is 0 Å². The zero-order valence-electron chi connectivity index (χ0n) is 18.5. The van der Waals surface area contributed by atoms with Crippen molar-refractivity contribution in [2.75, 3.05) is 18.4 Å². The zero-order valence-corrected chi connectivity index (χ0v) is 18.5. The van der Waals surface area contributed by atoms with E-state index in [-0.39, 0.29) is 11.8 Å². The van der Waals surface area contributed by atoms with E-state index >= 15 is 0 Å². The third kappa shape index (κ3) is 4.61. The number of benzene rings is 2. The molecule has 0 spiro atoms. The molecule has 2 fully saturated rings. The van der Waals surface area contributed by atoms with Crippen molar-refractivity contribution >= 4 is 23.6 Å². The minimum Gasteiger partial charge on any atom is -0.438 e. The first-order valence-corrected chi connectivity index (χ1v) is 11.2. The van der Waals surface area contributed by atoms with Crippen molar-refractivity contribution in [1.29, 1.82) is 0 Å². The van der Waals surface area contributed by atoms with Crippen molar-refractivity contribution in [2.45, 2.75) is 51.8 Å². The Morgan fingerprint density at radius 2 is 1.81 bits per heavy atom. The van der Waals surface area contributed by atoms with Gasteiger partial charge < -0.3 is 15.0 Å². The minimum atomic E-state index is -0.725. The summed E-state index contributed by atoms with van der Waals surface area (Å²) in [7, 11) is 0. The van der Waals surface area contributed by atoms with Crippen molar-refractivity contribution in [3.8, 4) is 0 Å². The lowest BCUT2D eigenvalue weighted by molar-refractivity contribution is -0.135. The number of cyclic esters (lactones) is 1.